The summed E-state index contributed by atoms with van der Waals surface area (Å²) in [5.74, 6) is 0.0221. The predicted molar refractivity (Wildman–Crippen MR) is 127 cm³/mol. The summed E-state index contributed by atoms with van der Waals surface area (Å²) >= 11 is 5.04. The zero-order valence-corrected chi connectivity index (χ0v) is 19.5. The van der Waals surface area contributed by atoms with Gasteiger partial charge in [-0.1, -0.05) is 51.0 Å². The third-order valence-corrected chi connectivity index (χ3v) is 6.62. The molecule has 152 valence electrons. The van der Waals surface area contributed by atoms with Crippen molar-refractivity contribution in [3.8, 4) is 0 Å². The van der Waals surface area contributed by atoms with Crippen LogP contribution in [0.25, 0.3) is 10.2 Å². The van der Waals surface area contributed by atoms with Gasteiger partial charge < -0.3 is 0 Å². The van der Waals surface area contributed by atoms with Crippen LogP contribution in [0.1, 0.15) is 27.9 Å². The summed E-state index contributed by atoms with van der Waals surface area (Å²) in [4.78, 5) is 24.4. The van der Waals surface area contributed by atoms with Crippen molar-refractivity contribution in [2.45, 2.75) is 33.7 Å². The first-order chi connectivity index (χ1) is 14.4. The number of pyridine rings is 1. The number of carbonyl (C=O) groups is 1. The van der Waals surface area contributed by atoms with Gasteiger partial charge in [0, 0.05) is 10.7 Å². The summed E-state index contributed by atoms with van der Waals surface area (Å²) < 4.78 is 2.04. The van der Waals surface area contributed by atoms with E-state index in [1.54, 1.807) is 11.1 Å². The second-order valence-electron chi connectivity index (χ2n) is 7.46. The van der Waals surface area contributed by atoms with Crippen molar-refractivity contribution in [3.63, 3.8) is 0 Å². The second-order valence-corrected chi connectivity index (χ2v) is 9.39. The predicted octanol–water partition coefficient (Wildman–Crippen LogP) is 6.15. The van der Waals surface area contributed by atoms with Crippen LogP contribution in [0, 0.1) is 20.8 Å². The fourth-order valence-electron chi connectivity index (χ4n) is 3.65. The minimum absolute atomic E-state index is 0.0221. The maximum absolute atomic E-state index is 13.5. The second kappa shape index (κ2) is 8.66. The largest absolute Gasteiger partial charge is 0.282 e. The molecule has 0 saturated heterocycles. The Morgan fingerprint density at radius 1 is 1.07 bits per heavy atom. The van der Waals surface area contributed by atoms with Gasteiger partial charge in [-0.3, -0.25) is 14.7 Å². The zero-order valence-electron chi connectivity index (χ0n) is 17.1. The Bertz CT molecular complexity index is 1200. The number of aromatic nitrogens is 2. The summed E-state index contributed by atoms with van der Waals surface area (Å²) in [5, 5.41) is 0.696. The van der Waals surface area contributed by atoms with Crippen molar-refractivity contribution in [1.29, 1.82) is 0 Å². The number of nitrogens with zero attached hydrogens (tertiary/aromatic N) is 3. The molecule has 0 N–H and O–H groups in total. The fourth-order valence-corrected chi connectivity index (χ4v) is 5.19. The highest BCUT2D eigenvalue weighted by atomic mass is 79.9. The molecule has 2 aromatic heterocycles. The van der Waals surface area contributed by atoms with Crippen LogP contribution in [-0.4, -0.2) is 15.9 Å². The van der Waals surface area contributed by atoms with E-state index in [0.29, 0.717) is 18.1 Å². The van der Waals surface area contributed by atoms with Gasteiger partial charge in [0.2, 0.25) is 5.91 Å². The number of carbonyl (C=O) groups excluding carboxylic acids is 1. The normalized spacial score (nSPS) is 11.1. The van der Waals surface area contributed by atoms with E-state index in [1.807, 2.05) is 36.4 Å². The van der Waals surface area contributed by atoms with Crippen LogP contribution in [0.5, 0.6) is 0 Å². The number of amides is 1. The molecule has 0 bridgehead atoms. The first kappa shape index (κ1) is 20.7. The number of anilines is 1. The van der Waals surface area contributed by atoms with Gasteiger partial charge in [0.25, 0.3) is 0 Å². The lowest BCUT2D eigenvalue weighted by atomic mass is 9.97. The van der Waals surface area contributed by atoms with Crippen molar-refractivity contribution in [2.75, 3.05) is 4.90 Å². The Labute approximate surface area is 188 Å². The van der Waals surface area contributed by atoms with Crippen LogP contribution < -0.4 is 4.90 Å². The number of rotatable bonds is 5. The minimum Gasteiger partial charge on any atom is -0.282 e. The van der Waals surface area contributed by atoms with Crippen LogP contribution in [0.4, 0.5) is 5.13 Å². The minimum atomic E-state index is 0.0221. The van der Waals surface area contributed by atoms with Crippen LogP contribution in [0.3, 0.4) is 0 Å². The number of hydrogen-bond donors (Lipinski definition) is 0. The molecule has 0 fully saturated rings. The number of hydrogen-bond acceptors (Lipinski definition) is 4. The van der Waals surface area contributed by atoms with Crippen molar-refractivity contribution in [2.24, 2.45) is 0 Å². The van der Waals surface area contributed by atoms with E-state index >= 15 is 0 Å². The van der Waals surface area contributed by atoms with E-state index < -0.39 is 0 Å². The smallest absolute Gasteiger partial charge is 0.233 e. The standard InChI is InChI=1S/C24H22BrN3OS/c1-15-10-16(2)20(17(3)11-15)13-23(29)28(14-19-6-4-5-9-26-19)24-27-21-8-7-18(25)12-22(21)30-24/h4-12H,13-14H2,1-3H3. The first-order valence-corrected chi connectivity index (χ1v) is 11.3. The Kier molecular flexibility index (Phi) is 5.97. The molecule has 2 heterocycles. The number of halogens is 1. The molecule has 0 aliphatic carbocycles. The summed E-state index contributed by atoms with van der Waals surface area (Å²) in [6.45, 7) is 6.62. The molecule has 0 atom stereocenters. The van der Waals surface area contributed by atoms with Gasteiger partial charge in [-0.15, -0.1) is 0 Å². The van der Waals surface area contributed by atoms with Crippen LogP contribution in [-0.2, 0) is 17.8 Å². The molecule has 30 heavy (non-hydrogen) atoms. The quantitative estimate of drug-likeness (QED) is 0.344. The average Bonchev–Trinajstić information content (AvgIpc) is 3.12. The summed E-state index contributed by atoms with van der Waals surface area (Å²) in [6.07, 6.45) is 2.09. The molecule has 0 radical (unpaired) electrons. The number of fused-ring (bicyclic) bond motifs is 1. The molecule has 0 spiro atoms. The highest BCUT2D eigenvalue weighted by molar-refractivity contribution is 9.10. The lowest BCUT2D eigenvalue weighted by Gasteiger charge is -2.21. The van der Waals surface area contributed by atoms with Crippen LogP contribution >= 0.6 is 27.3 Å². The van der Waals surface area contributed by atoms with Crippen molar-refractivity contribution < 1.29 is 4.79 Å². The van der Waals surface area contributed by atoms with E-state index in [9.17, 15) is 4.79 Å². The number of aryl methyl sites for hydroxylation is 3. The Hall–Kier alpha value is -2.57. The summed E-state index contributed by atoms with van der Waals surface area (Å²) in [5.41, 5.74) is 6.31. The zero-order chi connectivity index (χ0) is 21.3. The third kappa shape index (κ3) is 4.45. The van der Waals surface area contributed by atoms with E-state index in [1.165, 1.54) is 16.9 Å². The lowest BCUT2D eigenvalue weighted by molar-refractivity contribution is -0.118. The summed E-state index contributed by atoms with van der Waals surface area (Å²) in [6, 6.07) is 16.0. The highest BCUT2D eigenvalue weighted by Crippen LogP contribution is 2.32. The van der Waals surface area contributed by atoms with E-state index in [-0.39, 0.29) is 5.91 Å². The first-order valence-electron chi connectivity index (χ1n) is 9.74. The molecule has 6 heteroatoms. The molecule has 0 aliphatic heterocycles. The molecule has 4 aromatic rings. The monoisotopic (exact) mass is 479 g/mol. The van der Waals surface area contributed by atoms with Crippen molar-refractivity contribution in [3.05, 3.63) is 87.1 Å². The third-order valence-electron chi connectivity index (χ3n) is 5.09. The van der Waals surface area contributed by atoms with Crippen molar-refractivity contribution in [1.82, 2.24) is 9.97 Å². The van der Waals surface area contributed by atoms with E-state index in [4.69, 9.17) is 4.98 Å². The van der Waals surface area contributed by atoms with Crippen LogP contribution in [0.15, 0.2) is 59.2 Å². The van der Waals surface area contributed by atoms with Gasteiger partial charge >= 0.3 is 0 Å². The number of thiazole rings is 1. The highest BCUT2D eigenvalue weighted by Gasteiger charge is 2.22. The van der Waals surface area contributed by atoms with Crippen LogP contribution in [0.2, 0.25) is 0 Å². The fraction of sp³-hybridized carbons (Fsp3) is 0.208. The molecule has 0 saturated carbocycles. The van der Waals surface area contributed by atoms with Gasteiger partial charge in [0.1, 0.15) is 0 Å². The van der Waals surface area contributed by atoms with E-state index in [0.717, 1.165) is 37.1 Å². The molecule has 4 nitrogen and oxygen atoms in total. The Morgan fingerprint density at radius 2 is 1.83 bits per heavy atom. The maximum Gasteiger partial charge on any atom is 0.233 e. The molecule has 2 aromatic carbocycles. The van der Waals surface area contributed by atoms with Gasteiger partial charge in [0.05, 0.1) is 28.9 Å². The van der Waals surface area contributed by atoms with Gasteiger partial charge in [-0.05, 0) is 67.8 Å². The molecule has 1 amide bonds. The average molecular weight is 480 g/mol. The topological polar surface area (TPSA) is 46.1 Å². The molecular weight excluding hydrogens is 458 g/mol. The van der Waals surface area contributed by atoms with Gasteiger partial charge in [0.15, 0.2) is 5.13 Å². The van der Waals surface area contributed by atoms with Gasteiger partial charge in [-0.2, -0.15) is 0 Å². The molecule has 0 aliphatic rings. The maximum atomic E-state index is 13.5. The molecular formula is C24H22BrN3OS. The van der Waals surface area contributed by atoms with Crippen molar-refractivity contribution >= 4 is 48.5 Å². The lowest BCUT2D eigenvalue weighted by Crippen LogP contribution is -2.32. The SMILES string of the molecule is Cc1cc(C)c(CC(=O)N(Cc2ccccn2)c2nc3ccc(Br)cc3s2)c(C)c1. The molecule has 0 unspecified atom stereocenters. The van der Waals surface area contributed by atoms with Gasteiger partial charge in [-0.25, -0.2) is 4.98 Å². The number of benzene rings is 2. The Balaban J connectivity index is 1.71. The summed E-state index contributed by atoms with van der Waals surface area (Å²) in [7, 11) is 0. The molecule has 4 rings (SSSR count). The Morgan fingerprint density at radius 3 is 2.53 bits per heavy atom. The van der Waals surface area contributed by atoms with E-state index in [2.05, 4.69) is 53.8 Å².